The zero-order valence-electron chi connectivity index (χ0n) is 15.8. The van der Waals surface area contributed by atoms with Crippen LogP contribution < -0.4 is 5.32 Å². The number of ketones is 1. The number of nitrogens with zero attached hydrogens (tertiary/aromatic N) is 1. The molecule has 0 aromatic heterocycles. The van der Waals surface area contributed by atoms with Crippen molar-refractivity contribution in [1.29, 1.82) is 0 Å². The second-order valence-corrected chi connectivity index (χ2v) is 9.87. The molecule has 1 aromatic rings. The van der Waals surface area contributed by atoms with Crippen molar-refractivity contribution >= 4 is 27.2 Å². The van der Waals surface area contributed by atoms with E-state index < -0.39 is 9.84 Å². The largest absolute Gasteiger partial charge is 0.376 e. The predicted octanol–water partition coefficient (Wildman–Crippen LogP) is 2.65. The summed E-state index contributed by atoms with van der Waals surface area (Å²) in [4.78, 5) is 26.2. The highest BCUT2D eigenvalue weighted by molar-refractivity contribution is 7.91. The van der Waals surface area contributed by atoms with Gasteiger partial charge < -0.3 is 10.2 Å². The fraction of sp³-hybridized carbons (Fsp3) is 0.600. The van der Waals surface area contributed by atoms with E-state index in [0.29, 0.717) is 12.0 Å². The summed E-state index contributed by atoms with van der Waals surface area (Å²) in [5.41, 5.74) is 1.41. The molecule has 2 aliphatic rings. The maximum absolute atomic E-state index is 13.0. The van der Waals surface area contributed by atoms with E-state index in [1.54, 1.807) is 24.3 Å². The highest BCUT2D eigenvalue weighted by Gasteiger charge is 2.38. The van der Waals surface area contributed by atoms with Crippen LogP contribution in [0.4, 0.5) is 5.69 Å². The minimum absolute atomic E-state index is 0.00328. The Kier molecular flexibility index (Phi) is 6.19. The highest BCUT2D eigenvalue weighted by Crippen LogP contribution is 2.28. The van der Waals surface area contributed by atoms with Crippen LogP contribution in [-0.2, 0) is 14.6 Å². The summed E-state index contributed by atoms with van der Waals surface area (Å²) in [6.45, 7) is 1.65. The Morgan fingerprint density at radius 3 is 2.26 bits per heavy atom. The molecule has 1 atom stereocenters. The summed E-state index contributed by atoms with van der Waals surface area (Å²) >= 11 is 0. The Morgan fingerprint density at radius 1 is 1.04 bits per heavy atom. The second kappa shape index (κ2) is 8.42. The van der Waals surface area contributed by atoms with Crippen LogP contribution in [-0.4, -0.2) is 55.1 Å². The molecule has 1 amide bonds. The van der Waals surface area contributed by atoms with Gasteiger partial charge in [-0.05, 0) is 50.5 Å². The van der Waals surface area contributed by atoms with Gasteiger partial charge in [0.1, 0.15) is 0 Å². The van der Waals surface area contributed by atoms with Gasteiger partial charge in [0.05, 0.1) is 18.1 Å². The van der Waals surface area contributed by atoms with Gasteiger partial charge in [0.15, 0.2) is 15.6 Å². The zero-order valence-corrected chi connectivity index (χ0v) is 16.6. The van der Waals surface area contributed by atoms with Gasteiger partial charge in [-0.25, -0.2) is 8.42 Å². The highest BCUT2D eigenvalue weighted by atomic mass is 32.2. The lowest BCUT2D eigenvalue weighted by atomic mass is 9.93. The maximum Gasteiger partial charge on any atom is 0.242 e. The first-order valence-electron chi connectivity index (χ1n) is 9.72. The van der Waals surface area contributed by atoms with E-state index in [0.717, 1.165) is 31.4 Å². The number of carbonyl (C=O) groups is 2. The number of Topliss-reactive ketones (excluding diaryl/α,β-unsaturated/α-hetero) is 1. The lowest BCUT2D eigenvalue weighted by Gasteiger charge is -2.38. The van der Waals surface area contributed by atoms with Gasteiger partial charge in [-0.3, -0.25) is 9.59 Å². The minimum Gasteiger partial charge on any atom is -0.376 e. The zero-order chi connectivity index (χ0) is 19.4. The smallest absolute Gasteiger partial charge is 0.242 e. The topological polar surface area (TPSA) is 83.6 Å². The van der Waals surface area contributed by atoms with E-state index in [-0.39, 0.29) is 41.8 Å². The van der Waals surface area contributed by atoms with Crippen molar-refractivity contribution in [3.05, 3.63) is 29.8 Å². The number of nitrogens with one attached hydrogen (secondary N) is 1. The summed E-state index contributed by atoms with van der Waals surface area (Å²) < 4.78 is 23.9. The Morgan fingerprint density at radius 2 is 1.70 bits per heavy atom. The average molecular weight is 393 g/mol. The van der Waals surface area contributed by atoms with Crippen molar-refractivity contribution < 1.29 is 18.0 Å². The van der Waals surface area contributed by atoms with Crippen LogP contribution >= 0.6 is 0 Å². The molecule has 7 heteroatoms. The van der Waals surface area contributed by atoms with Gasteiger partial charge in [0.25, 0.3) is 0 Å². The van der Waals surface area contributed by atoms with Crippen molar-refractivity contribution in [2.45, 2.75) is 57.5 Å². The van der Waals surface area contributed by atoms with Gasteiger partial charge >= 0.3 is 0 Å². The molecule has 6 nitrogen and oxygen atoms in total. The first kappa shape index (κ1) is 19.9. The fourth-order valence-electron chi connectivity index (χ4n) is 4.15. The van der Waals surface area contributed by atoms with Gasteiger partial charge in [0.2, 0.25) is 5.91 Å². The third-order valence-corrected chi connectivity index (χ3v) is 7.34. The number of rotatable bonds is 6. The average Bonchev–Trinajstić information content (AvgIpc) is 3.00. The quantitative estimate of drug-likeness (QED) is 0.753. The van der Waals surface area contributed by atoms with E-state index in [2.05, 4.69) is 5.32 Å². The van der Waals surface area contributed by atoms with E-state index >= 15 is 0 Å². The number of carbonyl (C=O) groups excluding carboxylic acids is 2. The molecule has 0 radical (unpaired) electrons. The molecule has 2 fully saturated rings. The third-order valence-electron chi connectivity index (χ3n) is 5.59. The molecule has 27 heavy (non-hydrogen) atoms. The molecule has 3 rings (SSSR count). The van der Waals surface area contributed by atoms with Crippen molar-refractivity contribution in [3.63, 3.8) is 0 Å². The number of hydrogen-bond donors (Lipinski definition) is 1. The Bertz CT molecular complexity index is 783. The maximum atomic E-state index is 13.0. The van der Waals surface area contributed by atoms with Gasteiger partial charge in [-0.2, -0.15) is 0 Å². The molecule has 1 unspecified atom stereocenters. The van der Waals surface area contributed by atoms with Crippen LogP contribution in [0.5, 0.6) is 0 Å². The van der Waals surface area contributed by atoms with E-state index in [9.17, 15) is 18.0 Å². The standard InChI is InChI=1S/C20H28N2O4S/c1-15(23)16-7-9-17(10-8-16)21-13-20(24)22(18-5-3-2-4-6-18)19-11-12-27(25,26)14-19/h7-10,18-19,21H,2-6,11-14H2,1H3. The van der Waals surface area contributed by atoms with E-state index in [1.165, 1.54) is 13.3 Å². The number of benzene rings is 1. The van der Waals surface area contributed by atoms with Crippen LogP contribution in [0.15, 0.2) is 24.3 Å². The molecule has 1 aliphatic heterocycles. The van der Waals surface area contributed by atoms with Gasteiger partial charge in [-0.1, -0.05) is 19.3 Å². The van der Waals surface area contributed by atoms with E-state index in [4.69, 9.17) is 0 Å². The number of hydrogen-bond acceptors (Lipinski definition) is 5. The minimum atomic E-state index is -3.04. The molecule has 148 valence electrons. The van der Waals surface area contributed by atoms with Crippen LogP contribution in [0.3, 0.4) is 0 Å². The second-order valence-electron chi connectivity index (χ2n) is 7.64. The van der Waals surface area contributed by atoms with Crippen molar-refractivity contribution in [3.8, 4) is 0 Å². The molecule has 1 heterocycles. The lowest BCUT2D eigenvalue weighted by molar-refractivity contribution is -0.134. The molecule has 1 aliphatic carbocycles. The monoisotopic (exact) mass is 392 g/mol. The van der Waals surface area contributed by atoms with Gasteiger partial charge in [-0.15, -0.1) is 0 Å². The van der Waals surface area contributed by atoms with Crippen LogP contribution in [0, 0.1) is 0 Å². The lowest BCUT2D eigenvalue weighted by Crippen LogP contribution is -2.50. The van der Waals surface area contributed by atoms with Crippen LogP contribution in [0.1, 0.15) is 55.8 Å². The summed E-state index contributed by atoms with van der Waals surface area (Å²) in [6.07, 6.45) is 5.81. The fourth-order valence-corrected chi connectivity index (χ4v) is 5.86. The normalized spacial score (nSPS) is 22.3. The molecular formula is C20H28N2O4S. The first-order valence-corrected chi connectivity index (χ1v) is 11.5. The molecular weight excluding hydrogens is 364 g/mol. The SMILES string of the molecule is CC(=O)c1ccc(NCC(=O)N(C2CCCCC2)C2CCS(=O)(=O)C2)cc1. The summed E-state index contributed by atoms with van der Waals surface area (Å²) in [5, 5.41) is 3.12. The van der Waals surface area contributed by atoms with Crippen molar-refractivity contribution in [1.82, 2.24) is 4.90 Å². The Hall–Kier alpha value is -1.89. The number of anilines is 1. The van der Waals surface area contributed by atoms with E-state index in [1.807, 2.05) is 4.90 Å². The van der Waals surface area contributed by atoms with Gasteiger partial charge in [0, 0.05) is 23.3 Å². The summed E-state index contributed by atoms with van der Waals surface area (Å²) in [7, 11) is -3.04. The third kappa shape index (κ3) is 5.09. The van der Waals surface area contributed by atoms with Crippen LogP contribution in [0.25, 0.3) is 0 Å². The molecule has 0 spiro atoms. The molecule has 1 saturated carbocycles. The van der Waals surface area contributed by atoms with Crippen LogP contribution in [0.2, 0.25) is 0 Å². The predicted molar refractivity (Wildman–Crippen MR) is 106 cm³/mol. The Balaban J connectivity index is 1.67. The van der Waals surface area contributed by atoms with Crippen molar-refractivity contribution in [2.75, 3.05) is 23.4 Å². The summed E-state index contributed by atoms with van der Waals surface area (Å²) in [6, 6.07) is 6.98. The Labute approximate surface area is 161 Å². The number of sulfone groups is 1. The van der Waals surface area contributed by atoms with Crippen molar-refractivity contribution in [2.24, 2.45) is 0 Å². The first-order chi connectivity index (χ1) is 12.9. The molecule has 0 bridgehead atoms. The molecule has 1 aromatic carbocycles. The number of amides is 1. The summed E-state index contributed by atoms with van der Waals surface area (Å²) in [5.74, 6) is 0.222. The molecule has 1 saturated heterocycles. The molecule has 1 N–H and O–H groups in total.